The van der Waals surface area contributed by atoms with Gasteiger partial charge in [-0.05, 0) is 40.2 Å². The molecule has 150 valence electrons. The van der Waals surface area contributed by atoms with Crippen LogP contribution in [0.3, 0.4) is 0 Å². The van der Waals surface area contributed by atoms with Crippen molar-refractivity contribution < 1.29 is 18.1 Å². The van der Waals surface area contributed by atoms with Gasteiger partial charge in [-0.1, -0.05) is 0 Å². The Balaban J connectivity index is 1.72. The summed E-state index contributed by atoms with van der Waals surface area (Å²) in [4.78, 5) is 24.9. The summed E-state index contributed by atoms with van der Waals surface area (Å²) in [5, 5.41) is 13.9. The Hall–Kier alpha value is -2.02. The number of nitro groups is 1. The lowest BCUT2D eigenvalue weighted by Gasteiger charge is -2.33. The Bertz CT molecular complexity index is 1020. The number of halogens is 1. The van der Waals surface area contributed by atoms with E-state index in [0.29, 0.717) is 5.69 Å². The second-order valence-corrected chi connectivity index (χ2v) is 10.6. The van der Waals surface area contributed by atoms with E-state index in [0.717, 1.165) is 15.1 Å². The number of rotatable bonds is 5. The van der Waals surface area contributed by atoms with Crippen LogP contribution in [0.5, 0.6) is 0 Å². The first kappa shape index (κ1) is 20.7. The molecule has 1 saturated heterocycles. The second kappa shape index (κ2) is 8.15. The number of piperazine rings is 1. The van der Waals surface area contributed by atoms with Crippen molar-refractivity contribution >= 4 is 54.6 Å². The molecule has 0 bridgehead atoms. The topological polar surface area (TPSA) is 113 Å². The van der Waals surface area contributed by atoms with Crippen LogP contribution < -0.4 is 5.32 Å². The van der Waals surface area contributed by atoms with Crippen LogP contribution in [-0.2, 0) is 10.0 Å². The van der Waals surface area contributed by atoms with Crippen LogP contribution >= 0.6 is 27.3 Å². The first-order valence-electron chi connectivity index (χ1n) is 8.25. The van der Waals surface area contributed by atoms with Gasteiger partial charge in [0, 0.05) is 44.9 Å². The lowest BCUT2D eigenvalue weighted by atomic mass is 10.1. The molecule has 3 rings (SSSR count). The average Bonchev–Trinajstić information content (AvgIpc) is 3.14. The molecule has 12 heteroatoms. The third kappa shape index (κ3) is 4.04. The molecule has 0 radical (unpaired) electrons. The number of carbonyl (C=O) groups excluding carboxylic acids is 1. The van der Waals surface area contributed by atoms with E-state index in [4.69, 9.17) is 0 Å². The van der Waals surface area contributed by atoms with Crippen molar-refractivity contribution in [2.45, 2.75) is 4.21 Å². The number of thiophene rings is 1. The van der Waals surface area contributed by atoms with Gasteiger partial charge in [0.05, 0.1) is 8.71 Å². The molecular weight excluding hydrogens is 472 g/mol. The summed E-state index contributed by atoms with van der Waals surface area (Å²) in [6.07, 6.45) is 0. The number of nitrogens with one attached hydrogen (secondary N) is 1. The van der Waals surface area contributed by atoms with Crippen LogP contribution in [0.25, 0.3) is 0 Å². The third-order valence-electron chi connectivity index (χ3n) is 4.38. The molecule has 1 aromatic heterocycles. The highest BCUT2D eigenvalue weighted by Gasteiger charge is 2.31. The third-order valence-corrected chi connectivity index (χ3v) is 8.37. The van der Waals surface area contributed by atoms with Gasteiger partial charge in [0.25, 0.3) is 21.6 Å². The van der Waals surface area contributed by atoms with Gasteiger partial charge in [-0.2, -0.15) is 4.31 Å². The van der Waals surface area contributed by atoms with Crippen LogP contribution in [0.1, 0.15) is 10.4 Å². The van der Waals surface area contributed by atoms with E-state index >= 15 is 0 Å². The molecule has 1 aromatic carbocycles. The zero-order chi connectivity index (χ0) is 20.5. The van der Waals surface area contributed by atoms with E-state index in [1.54, 1.807) is 19.2 Å². The smallest absolute Gasteiger partial charge is 0.293 e. The Morgan fingerprint density at radius 2 is 1.89 bits per heavy atom. The first-order valence-corrected chi connectivity index (χ1v) is 11.3. The SMILES string of the molecule is CNc1ccc(C(=O)N2CCN(S(=O)(=O)c3ccc(Br)s3)CC2)cc1[N+](=O)[O-]. The number of nitrogens with zero attached hydrogens (tertiary/aromatic N) is 3. The number of hydrogen-bond donors (Lipinski definition) is 1. The number of sulfonamides is 1. The molecule has 28 heavy (non-hydrogen) atoms. The summed E-state index contributed by atoms with van der Waals surface area (Å²) in [6.45, 7) is 0.763. The number of anilines is 1. The minimum absolute atomic E-state index is 0.167. The van der Waals surface area contributed by atoms with Gasteiger partial charge in [-0.15, -0.1) is 11.3 Å². The summed E-state index contributed by atoms with van der Waals surface area (Å²) in [5.74, 6) is -0.360. The van der Waals surface area contributed by atoms with Crippen molar-refractivity contribution in [3.63, 3.8) is 0 Å². The van der Waals surface area contributed by atoms with Gasteiger partial charge in [-0.25, -0.2) is 8.42 Å². The van der Waals surface area contributed by atoms with Crippen LogP contribution in [-0.4, -0.2) is 61.7 Å². The second-order valence-electron chi connectivity index (χ2n) is 5.99. The number of nitro benzene ring substituents is 1. The molecule has 1 aliphatic rings. The standard InChI is InChI=1S/C16H17BrN4O5S2/c1-18-12-3-2-11(10-13(12)21(23)24)16(22)19-6-8-20(9-7-19)28(25,26)15-5-4-14(17)27-15/h2-5,10,18H,6-9H2,1H3. The molecule has 0 saturated carbocycles. The Morgan fingerprint density at radius 3 is 2.43 bits per heavy atom. The van der Waals surface area contributed by atoms with Gasteiger partial charge in [0.2, 0.25) is 0 Å². The Kier molecular flexibility index (Phi) is 6.03. The minimum atomic E-state index is -3.60. The fourth-order valence-corrected chi connectivity index (χ4v) is 6.49. The minimum Gasteiger partial charge on any atom is -0.383 e. The molecule has 0 aliphatic carbocycles. The maximum Gasteiger partial charge on any atom is 0.293 e. The lowest BCUT2D eigenvalue weighted by Crippen LogP contribution is -2.50. The van der Waals surface area contributed by atoms with Crippen molar-refractivity contribution in [3.8, 4) is 0 Å². The van der Waals surface area contributed by atoms with Crippen molar-refractivity contribution in [2.24, 2.45) is 0 Å². The van der Waals surface area contributed by atoms with E-state index in [9.17, 15) is 23.3 Å². The quantitative estimate of drug-likeness (QED) is 0.511. The first-order chi connectivity index (χ1) is 13.2. The molecule has 1 amide bonds. The normalized spacial score (nSPS) is 15.4. The summed E-state index contributed by atoms with van der Waals surface area (Å²) in [6, 6.07) is 7.47. The summed E-state index contributed by atoms with van der Waals surface area (Å²) in [7, 11) is -2.03. The highest BCUT2D eigenvalue weighted by molar-refractivity contribution is 9.11. The molecule has 9 nitrogen and oxygen atoms in total. The van der Waals surface area contributed by atoms with Gasteiger partial charge in [-0.3, -0.25) is 14.9 Å². The van der Waals surface area contributed by atoms with E-state index in [2.05, 4.69) is 21.2 Å². The van der Waals surface area contributed by atoms with E-state index < -0.39 is 14.9 Å². The number of amides is 1. The number of carbonyl (C=O) groups is 1. The molecule has 0 atom stereocenters. The Labute approximate surface area is 174 Å². The van der Waals surface area contributed by atoms with Gasteiger partial charge in [0.1, 0.15) is 9.90 Å². The van der Waals surface area contributed by atoms with Crippen molar-refractivity contribution in [2.75, 3.05) is 38.5 Å². The fourth-order valence-electron chi connectivity index (χ4n) is 2.90. The molecule has 0 spiro atoms. The molecule has 1 fully saturated rings. The van der Waals surface area contributed by atoms with E-state index in [1.807, 2.05) is 0 Å². The van der Waals surface area contributed by atoms with Crippen LogP contribution in [0.15, 0.2) is 38.3 Å². The van der Waals surface area contributed by atoms with Crippen LogP contribution in [0.2, 0.25) is 0 Å². The monoisotopic (exact) mass is 488 g/mol. The zero-order valence-electron chi connectivity index (χ0n) is 14.8. The Morgan fingerprint density at radius 1 is 1.21 bits per heavy atom. The molecule has 1 N–H and O–H groups in total. The molecule has 2 aromatic rings. The molecule has 1 aliphatic heterocycles. The summed E-state index contributed by atoms with van der Waals surface area (Å²) >= 11 is 4.40. The van der Waals surface area contributed by atoms with Gasteiger partial charge < -0.3 is 10.2 Å². The highest BCUT2D eigenvalue weighted by Crippen LogP contribution is 2.29. The average molecular weight is 489 g/mol. The molecule has 0 unspecified atom stereocenters. The van der Waals surface area contributed by atoms with Crippen molar-refractivity contribution in [1.82, 2.24) is 9.21 Å². The maximum atomic E-state index is 12.7. The zero-order valence-corrected chi connectivity index (χ0v) is 18.0. The maximum absolute atomic E-state index is 12.7. The van der Waals surface area contributed by atoms with Gasteiger partial charge >= 0.3 is 0 Å². The number of hydrogen-bond acceptors (Lipinski definition) is 7. The largest absolute Gasteiger partial charge is 0.383 e. The van der Waals surface area contributed by atoms with Crippen LogP contribution in [0, 0.1) is 10.1 Å². The van der Waals surface area contributed by atoms with E-state index in [1.165, 1.54) is 27.4 Å². The predicted molar refractivity (Wildman–Crippen MR) is 109 cm³/mol. The fraction of sp³-hybridized carbons (Fsp3) is 0.312. The lowest BCUT2D eigenvalue weighted by molar-refractivity contribution is -0.384. The summed E-state index contributed by atoms with van der Waals surface area (Å²) < 4.78 is 27.7. The van der Waals surface area contributed by atoms with Crippen molar-refractivity contribution in [3.05, 3.63) is 49.8 Å². The van der Waals surface area contributed by atoms with E-state index in [-0.39, 0.29) is 47.5 Å². The highest BCUT2D eigenvalue weighted by atomic mass is 79.9. The predicted octanol–water partition coefficient (Wildman–Crippen LogP) is 2.61. The molecule has 2 heterocycles. The summed E-state index contributed by atoms with van der Waals surface area (Å²) in [5.41, 5.74) is 0.335. The van der Waals surface area contributed by atoms with Crippen molar-refractivity contribution in [1.29, 1.82) is 0 Å². The number of benzene rings is 1. The van der Waals surface area contributed by atoms with Crippen LogP contribution in [0.4, 0.5) is 11.4 Å². The molecular formula is C16H17BrN4O5S2. The van der Waals surface area contributed by atoms with Gasteiger partial charge in [0.15, 0.2) is 0 Å².